The minimum Gasteiger partial charge on any atom is -0.481 e. The van der Waals surface area contributed by atoms with Crippen LogP contribution in [0.2, 0.25) is 0 Å². The number of carbonyl (C=O) groups excluding carboxylic acids is 1. The topological polar surface area (TPSA) is 111 Å². The normalized spacial score (nSPS) is 15.4. The maximum atomic E-state index is 13.7. The van der Waals surface area contributed by atoms with E-state index in [1.807, 2.05) is 13.8 Å². The summed E-state index contributed by atoms with van der Waals surface area (Å²) >= 11 is 0. The van der Waals surface area contributed by atoms with Gasteiger partial charge in [-0.3, -0.25) is 14.5 Å². The number of aromatic nitrogens is 1. The van der Waals surface area contributed by atoms with Crippen LogP contribution in [-0.4, -0.2) is 50.9 Å². The summed E-state index contributed by atoms with van der Waals surface area (Å²) in [7, 11) is 0. The highest BCUT2D eigenvalue weighted by Crippen LogP contribution is 2.40. The van der Waals surface area contributed by atoms with Crippen LogP contribution in [0.1, 0.15) is 62.8 Å². The van der Waals surface area contributed by atoms with Crippen molar-refractivity contribution in [2.24, 2.45) is 0 Å². The lowest BCUT2D eigenvalue weighted by Gasteiger charge is -2.31. The van der Waals surface area contributed by atoms with E-state index in [0.29, 0.717) is 18.8 Å². The van der Waals surface area contributed by atoms with Gasteiger partial charge in [0, 0.05) is 31.0 Å². The van der Waals surface area contributed by atoms with E-state index in [-0.39, 0.29) is 24.1 Å². The van der Waals surface area contributed by atoms with Crippen molar-refractivity contribution in [1.29, 1.82) is 0 Å². The Bertz CT molecular complexity index is 1080. The average molecular weight is 471 g/mol. The molecule has 1 aromatic carbocycles. The van der Waals surface area contributed by atoms with Crippen molar-refractivity contribution in [3.8, 4) is 11.1 Å². The molecule has 3 rings (SSSR count). The van der Waals surface area contributed by atoms with Gasteiger partial charge in [0.15, 0.2) is 0 Å². The van der Waals surface area contributed by atoms with Crippen molar-refractivity contribution in [2.45, 2.75) is 64.6 Å². The van der Waals surface area contributed by atoms with Crippen molar-refractivity contribution in [2.75, 3.05) is 11.4 Å². The summed E-state index contributed by atoms with van der Waals surface area (Å²) in [6.45, 7) is 6.05. The standard InChI is InChI=1S/C26H31FN2O5/c1-15(2)25-21(11-10-19(31)13-20(32)14-23(33)34)24(17-6-8-18(27)9-7-17)22-5-4-12-29(16(3)30)26(22)28-25/h6-11,15,19-20,31-32H,4-5,12-14H2,1-3H3,(H,33,34)/t19-,20-/m1/s1. The first-order valence-electron chi connectivity index (χ1n) is 11.4. The van der Waals surface area contributed by atoms with Crippen molar-refractivity contribution >= 4 is 23.8 Å². The van der Waals surface area contributed by atoms with Gasteiger partial charge < -0.3 is 15.3 Å². The zero-order valence-corrected chi connectivity index (χ0v) is 19.7. The number of pyridine rings is 1. The molecule has 2 atom stereocenters. The number of rotatable bonds is 8. The molecule has 182 valence electrons. The number of fused-ring (bicyclic) bond motifs is 1. The summed E-state index contributed by atoms with van der Waals surface area (Å²) in [4.78, 5) is 29.7. The minimum absolute atomic E-state index is 0.0189. The van der Waals surface area contributed by atoms with Gasteiger partial charge in [0.2, 0.25) is 5.91 Å². The number of amides is 1. The summed E-state index contributed by atoms with van der Waals surface area (Å²) in [5.41, 5.74) is 3.96. The first kappa shape index (κ1) is 25.5. The van der Waals surface area contributed by atoms with Crippen molar-refractivity contribution in [3.05, 3.63) is 53.0 Å². The van der Waals surface area contributed by atoms with Crippen LogP contribution >= 0.6 is 0 Å². The zero-order chi connectivity index (χ0) is 25.0. The predicted octanol–water partition coefficient (Wildman–Crippen LogP) is 3.91. The smallest absolute Gasteiger partial charge is 0.305 e. The fourth-order valence-corrected chi connectivity index (χ4v) is 4.34. The Kier molecular flexibility index (Phi) is 8.17. The lowest BCUT2D eigenvalue weighted by atomic mass is 9.87. The second-order valence-electron chi connectivity index (χ2n) is 8.94. The molecular weight excluding hydrogens is 439 g/mol. The number of anilines is 1. The number of carboxylic acids is 1. The van der Waals surface area contributed by atoms with Crippen LogP contribution in [0.25, 0.3) is 17.2 Å². The van der Waals surface area contributed by atoms with E-state index in [9.17, 15) is 24.2 Å². The van der Waals surface area contributed by atoms with Crippen molar-refractivity contribution in [1.82, 2.24) is 4.98 Å². The molecule has 7 nitrogen and oxygen atoms in total. The van der Waals surface area contributed by atoms with E-state index in [1.54, 1.807) is 23.1 Å². The third kappa shape index (κ3) is 5.87. The molecule has 0 saturated heterocycles. The molecule has 3 N–H and O–H groups in total. The maximum absolute atomic E-state index is 13.7. The van der Waals surface area contributed by atoms with Gasteiger partial charge >= 0.3 is 5.97 Å². The van der Waals surface area contributed by atoms with E-state index in [0.717, 1.165) is 34.4 Å². The van der Waals surface area contributed by atoms with Gasteiger partial charge in [-0.2, -0.15) is 0 Å². The van der Waals surface area contributed by atoms with Crippen molar-refractivity contribution < 1.29 is 29.3 Å². The molecule has 0 radical (unpaired) electrons. The number of aliphatic carboxylic acids is 1. The second-order valence-corrected chi connectivity index (χ2v) is 8.94. The number of benzene rings is 1. The van der Waals surface area contributed by atoms with Crippen LogP contribution < -0.4 is 4.90 Å². The van der Waals surface area contributed by atoms with E-state index in [1.165, 1.54) is 25.1 Å². The average Bonchev–Trinajstić information content (AvgIpc) is 2.76. The Morgan fingerprint density at radius 1 is 1.21 bits per heavy atom. The summed E-state index contributed by atoms with van der Waals surface area (Å²) in [6.07, 6.45) is 1.87. The molecule has 0 fully saturated rings. The maximum Gasteiger partial charge on any atom is 0.305 e. The highest BCUT2D eigenvalue weighted by molar-refractivity contribution is 5.94. The monoisotopic (exact) mass is 470 g/mol. The molecule has 1 aliphatic rings. The van der Waals surface area contributed by atoms with Crippen LogP contribution in [0.5, 0.6) is 0 Å². The van der Waals surface area contributed by atoms with E-state index in [4.69, 9.17) is 10.1 Å². The molecule has 2 heterocycles. The number of carboxylic acid groups (broad SMARTS) is 1. The lowest BCUT2D eigenvalue weighted by Crippen LogP contribution is -2.35. The molecule has 8 heteroatoms. The predicted molar refractivity (Wildman–Crippen MR) is 128 cm³/mol. The Labute approximate surface area is 198 Å². The highest BCUT2D eigenvalue weighted by Gasteiger charge is 2.28. The number of hydrogen-bond donors (Lipinski definition) is 3. The SMILES string of the molecule is CC(=O)N1CCCc2c1nc(C(C)C)c(C=C[C@@H](O)C[C@@H](O)CC(=O)O)c2-c1ccc(F)cc1. The third-order valence-electron chi connectivity index (χ3n) is 5.88. The van der Waals surface area contributed by atoms with Gasteiger partial charge in [-0.15, -0.1) is 0 Å². The van der Waals surface area contributed by atoms with Gasteiger partial charge in [0.25, 0.3) is 0 Å². The largest absolute Gasteiger partial charge is 0.481 e. The number of aliphatic hydroxyl groups is 2. The number of aliphatic hydroxyl groups excluding tert-OH is 2. The van der Waals surface area contributed by atoms with E-state index < -0.39 is 24.6 Å². The number of hydrogen-bond acceptors (Lipinski definition) is 5. The van der Waals surface area contributed by atoms with Gasteiger partial charge in [0.05, 0.1) is 24.3 Å². The van der Waals surface area contributed by atoms with Crippen molar-refractivity contribution in [3.63, 3.8) is 0 Å². The summed E-state index contributed by atoms with van der Waals surface area (Å²) in [5.74, 6) is -1.01. The molecule has 1 aliphatic heterocycles. The third-order valence-corrected chi connectivity index (χ3v) is 5.88. The summed E-state index contributed by atoms with van der Waals surface area (Å²) in [6, 6.07) is 6.14. The zero-order valence-electron chi connectivity index (χ0n) is 19.7. The van der Waals surface area contributed by atoms with Gasteiger partial charge in [-0.1, -0.05) is 38.1 Å². The fourth-order valence-electron chi connectivity index (χ4n) is 4.34. The molecule has 0 aliphatic carbocycles. The van der Waals surface area contributed by atoms with E-state index in [2.05, 4.69) is 0 Å². The molecule has 2 aromatic rings. The summed E-state index contributed by atoms with van der Waals surface area (Å²) in [5, 5.41) is 29.1. The van der Waals surface area contributed by atoms with Gasteiger partial charge in [0.1, 0.15) is 11.6 Å². The second kappa shape index (κ2) is 10.9. The molecule has 0 bridgehead atoms. The Balaban J connectivity index is 2.16. The lowest BCUT2D eigenvalue weighted by molar-refractivity contribution is -0.139. The Morgan fingerprint density at radius 3 is 2.47 bits per heavy atom. The van der Waals surface area contributed by atoms with E-state index >= 15 is 0 Å². The molecule has 1 aromatic heterocycles. The molecular formula is C26H31FN2O5. The molecule has 0 spiro atoms. The quantitative estimate of drug-likeness (QED) is 0.540. The fraction of sp³-hybridized carbons (Fsp3) is 0.423. The number of carbonyl (C=O) groups is 2. The first-order valence-corrected chi connectivity index (χ1v) is 11.4. The van der Waals surface area contributed by atoms with Crippen LogP contribution in [0, 0.1) is 5.82 Å². The van der Waals surface area contributed by atoms with Gasteiger partial charge in [-0.05, 0) is 42.0 Å². The van der Waals surface area contributed by atoms with Crippen LogP contribution in [-0.2, 0) is 16.0 Å². The number of halogens is 1. The molecule has 0 unspecified atom stereocenters. The minimum atomic E-state index is -1.18. The van der Waals surface area contributed by atoms with Crippen LogP contribution in [0.3, 0.4) is 0 Å². The first-order chi connectivity index (χ1) is 16.1. The van der Waals surface area contributed by atoms with Crippen LogP contribution in [0.4, 0.5) is 10.2 Å². The Morgan fingerprint density at radius 2 is 1.88 bits per heavy atom. The highest BCUT2D eigenvalue weighted by atomic mass is 19.1. The molecule has 1 amide bonds. The molecule has 0 saturated carbocycles. The van der Waals surface area contributed by atoms with Crippen LogP contribution in [0.15, 0.2) is 30.3 Å². The molecule has 34 heavy (non-hydrogen) atoms. The summed E-state index contributed by atoms with van der Waals surface area (Å²) < 4.78 is 13.7. The Hall–Kier alpha value is -3.10. The number of nitrogens with zero attached hydrogens (tertiary/aromatic N) is 2. The van der Waals surface area contributed by atoms with Gasteiger partial charge in [-0.25, -0.2) is 9.37 Å².